The molecule has 2 nitrogen and oxygen atoms in total. The third kappa shape index (κ3) is 7.27. The van der Waals surface area contributed by atoms with Gasteiger partial charge in [0.15, 0.2) is 0 Å². The molecular formula is C5H11I2NO. The van der Waals surface area contributed by atoms with Gasteiger partial charge >= 0.3 is 0 Å². The third-order valence-corrected chi connectivity index (χ3v) is 1.61. The van der Waals surface area contributed by atoms with Crippen LogP contribution in [0, 0.1) is 0 Å². The van der Waals surface area contributed by atoms with Gasteiger partial charge in [0.2, 0.25) is 0 Å². The summed E-state index contributed by atoms with van der Waals surface area (Å²) >= 11 is 4.45. The lowest BCUT2D eigenvalue weighted by Gasteiger charge is -2.13. The normalized spacial score (nSPS) is 14.3. The SMILES string of the molecule is C[C@@H](CN(C)I)OCI. The Labute approximate surface area is 84.0 Å². The molecule has 0 saturated carbocycles. The molecule has 0 radical (unpaired) electrons. The molecule has 0 aromatic heterocycles. The third-order valence-electron chi connectivity index (χ3n) is 0.856. The minimum Gasteiger partial charge on any atom is -0.367 e. The van der Waals surface area contributed by atoms with Crippen LogP contribution >= 0.6 is 45.5 Å². The lowest BCUT2D eigenvalue weighted by Crippen LogP contribution is -2.21. The van der Waals surface area contributed by atoms with Crippen molar-refractivity contribution in [3.05, 3.63) is 0 Å². The van der Waals surface area contributed by atoms with Crippen LogP contribution in [-0.4, -0.2) is 27.4 Å². The van der Waals surface area contributed by atoms with Crippen molar-refractivity contribution in [2.24, 2.45) is 0 Å². The molecule has 0 bridgehead atoms. The Hall–Kier alpha value is 1.38. The van der Waals surface area contributed by atoms with Gasteiger partial charge in [0.25, 0.3) is 0 Å². The van der Waals surface area contributed by atoms with Crippen LogP contribution < -0.4 is 0 Å². The van der Waals surface area contributed by atoms with Gasteiger partial charge in [-0.3, -0.25) is 0 Å². The smallest absolute Gasteiger partial charge is 0.0983 e. The number of halogens is 2. The summed E-state index contributed by atoms with van der Waals surface area (Å²) in [7, 11) is 2.04. The molecule has 56 valence electrons. The molecule has 0 N–H and O–H groups in total. The summed E-state index contributed by atoms with van der Waals surface area (Å²) < 4.78 is 8.17. The average molecular weight is 355 g/mol. The van der Waals surface area contributed by atoms with Crippen LogP contribution in [0.25, 0.3) is 0 Å². The molecule has 0 amide bonds. The van der Waals surface area contributed by atoms with Crippen LogP contribution in [0.2, 0.25) is 0 Å². The maximum Gasteiger partial charge on any atom is 0.0983 e. The fraction of sp³-hybridized carbons (Fsp3) is 1.00. The van der Waals surface area contributed by atoms with Gasteiger partial charge in [0.1, 0.15) is 0 Å². The van der Waals surface area contributed by atoms with E-state index in [-0.39, 0.29) is 0 Å². The molecule has 0 fully saturated rings. The number of likely N-dealkylation sites (N-methyl/N-ethyl adjacent to an activating group) is 1. The van der Waals surface area contributed by atoms with Crippen LogP contribution in [0.3, 0.4) is 0 Å². The van der Waals surface area contributed by atoms with E-state index in [2.05, 4.69) is 55.5 Å². The molecule has 9 heavy (non-hydrogen) atoms. The fourth-order valence-corrected chi connectivity index (χ4v) is 1.68. The van der Waals surface area contributed by atoms with E-state index in [1.54, 1.807) is 0 Å². The summed E-state index contributed by atoms with van der Waals surface area (Å²) in [6.07, 6.45) is 0.351. The van der Waals surface area contributed by atoms with Crippen molar-refractivity contribution in [3.63, 3.8) is 0 Å². The highest BCUT2D eigenvalue weighted by Crippen LogP contribution is 2.00. The fourth-order valence-electron chi connectivity index (χ4n) is 0.515. The van der Waals surface area contributed by atoms with E-state index in [4.69, 9.17) is 4.74 Å². The van der Waals surface area contributed by atoms with Crippen molar-refractivity contribution in [1.29, 1.82) is 0 Å². The maximum absolute atomic E-state index is 5.29. The van der Waals surface area contributed by atoms with Gasteiger partial charge in [-0.05, 0) is 14.0 Å². The first-order valence-electron chi connectivity index (χ1n) is 2.71. The molecule has 1 atom stereocenters. The molecule has 0 aliphatic rings. The number of hydrogen-bond acceptors (Lipinski definition) is 2. The predicted octanol–water partition coefficient (Wildman–Crippen LogP) is 2.07. The number of alkyl halides is 1. The van der Waals surface area contributed by atoms with Gasteiger partial charge < -0.3 is 4.74 Å². The van der Waals surface area contributed by atoms with Crippen molar-refractivity contribution in [2.75, 3.05) is 18.2 Å². The standard InChI is InChI=1S/C5H11I2NO/c1-5(9-4-6)3-8(2)7/h5H,3-4H2,1-2H3/t5-/m0/s1. The Morgan fingerprint density at radius 1 is 1.67 bits per heavy atom. The van der Waals surface area contributed by atoms with Crippen molar-refractivity contribution in [3.8, 4) is 0 Å². The minimum atomic E-state index is 0.351. The van der Waals surface area contributed by atoms with E-state index < -0.39 is 0 Å². The topological polar surface area (TPSA) is 12.5 Å². The average Bonchev–Trinajstić information content (AvgIpc) is 1.63. The van der Waals surface area contributed by atoms with Gasteiger partial charge in [0, 0.05) is 29.4 Å². The molecule has 0 aromatic rings. The van der Waals surface area contributed by atoms with Crippen LogP contribution in [0.1, 0.15) is 6.92 Å². The van der Waals surface area contributed by atoms with Crippen LogP contribution in [0.5, 0.6) is 0 Å². The van der Waals surface area contributed by atoms with E-state index in [1.165, 1.54) is 0 Å². The first-order valence-corrected chi connectivity index (χ1v) is 5.20. The molecule has 0 rings (SSSR count). The molecule has 0 heterocycles. The molecule has 0 spiro atoms. The Morgan fingerprint density at radius 3 is 2.56 bits per heavy atom. The summed E-state index contributed by atoms with van der Waals surface area (Å²) in [5.41, 5.74) is 0. The lowest BCUT2D eigenvalue weighted by atomic mass is 10.4. The molecule has 4 heteroatoms. The number of nitrogens with zero attached hydrogens (tertiary/aromatic N) is 1. The summed E-state index contributed by atoms with van der Waals surface area (Å²) in [5, 5.41) is 0. The second-order valence-electron chi connectivity index (χ2n) is 1.87. The molecule has 0 unspecified atom stereocenters. The van der Waals surface area contributed by atoms with Gasteiger partial charge in [-0.15, -0.1) is 0 Å². The van der Waals surface area contributed by atoms with Gasteiger partial charge in [-0.25, -0.2) is 3.11 Å². The zero-order chi connectivity index (χ0) is 7.28. The van der Waals surface area contributed by atoms with Crippen molar-refractivity contribution >= 4 is 45.5 Å². The zero-order valence-electron chi connectivity index (χ0n) is 5.60. The quantitative estimate of drug-likeness (QED) is 0.435. The highest BCUT2D eigenvalue weighted by Gasteiger charge is 2.01. The summed E-state index contributed by atoms with van der Waals surface area (Å²) in [5.74, 6) is 0. The van der Waals surface area contributed by atoms with Gasteiger partial charge in [-0.1, -0.05) is 22.6 Å². The van der Waals surface area contributed by atoms with Gasteiger partial charge in [0.05, 0.1) is 10.7 Å². The predicted molar refractivity (Wildman–Crippen MR) is 56.1 cm³/mol. The van der Waals surface area contributed by atoms with E-state index >= 15 is 0 Å². The van der Waals surface area contributed by atoms with Crippen LogP contribution in [0.4, 0.5) is 0 Å². The largest absolute Gasteiger partial charge is 0.367 e. The Balaban J connectivity index is 3.15. The Bertz CT molecular complexity index is 70.0. The molecule has 0 saturated heterocycles. The van der Waals surface area contributed by atoms with E-state index in [9.17, 15) is 0 Å². The zero-order valence-corrected chi connectivity index (χ0v) is 9.92. The first kappa shape index (κ1) is 10.4. The van der Waals surface area contributed by atoms with Crippen LogP contribution in [0.15, 0.2) is 0 Å². The summed E-state index contributed by atoms with van der Waals surface area (Å²) in [6, 6.07) is 0. The lowest BCUT2D eigenvalue weighted by molar-refractivity contribution is 0.103. The van der Waals surface area contributed by atoms with E-state index in [0.717, 1.165) is 11.2 Å². The Kier molecular flexibility index (Phi) is 7.05. The highest BCUT2D eigenvalue weighted by molar-refractivity contribution is 14.1. The van der Waals surface area contributed by atoms with Crippen molar-refractivity contribution < 1.29 is 4.74 Å². The van der Waals surface area contributed by atoms with Crippen molar-refractivity contribution in [2.45, 2.75) is 13.0 Å². The second kappa shape index (κ2) is 6.11. The molecule has 0 aromatic carbocycles. The monoisotopic (exact) mass is 355 g/mol. The van der Waals surface area contributed by atoms with E-state index in [1.807, 2.05) is 7.05 Å². The molecule has 0 aliphatic heterocycles. The summed E-state index contributed by atoms with van der Waals surface area (Å²) in [4.78, 5) is 0. The highest BCUT2D eigenvalue weighted by atomic mass is 127. The summed E-state index contributed by atoms with van der Waals surface area (Å²) in [6.45, 7) is 3.07. The van der Waals surface area contributed by atoms with Gasteiger partial charge in [-0.2, -0.15) is 0 Å². The van der Waals surface area contributed by atoms with Crippen LogP contribution in [-0.2, 0) is 4.74 Å². The minimum absolute atomic E-state index is 0.351. The van der Waals surface area contributed by atoms with E-state index in [0.29, 0.717) is 6.10 Å². The second-order valence-corrected chi connectivity index (χ2v) is 4.14. The molecule has 0 aliphatic carbocycles. The Morgan fingerprint density at radius 2 is 2.22 bits per heavy atom. The van der Waals surface area contributed by atoms with Crippen molar-refractivity contribution in [1.82, 2.24) is 3.11 Å². The number of ether oxygens (including phenoxy) is 1. The maximum atomic E-state index is 5.29. The number of hydrogen-bond donors (Lipinski definition) is 0. The molecular weight excluding hydrogens is 344 g/mol. The first-order chi connectivity index (χ1) is 4.16. The number of rotatable bonds is 4.